The molecule has 0 aliphatic heterocycles. The highest BCUT2D eigenvalue weighted by molar-refractivity contribution is 6.35. The summed E-state index contributed by atoms with van der Waals surface area (Å²) in [7, 11) is 0. The largest absolute Gasteiger partial charge is 0.346 e. The van der Waals surface area contributed by atoms with Crippen LogP contribution < -0.4 is 5.32 Å². The maximum Gasteiger partial charge on any atom is 0.251 e. The Morgan fingerprint density at radius 1 is 1.00 bits per heavy atom. The molecule has 1 N–H and O–H groups in total. The van der Waals surface area contributed by atoms with E-state index in [1.54, 1.807) is 24.3 Å². The van der Waals surface area contributed by atoms with Crippen molar-refractivity contribution in [2.24, 2.45) is 0 Å². The molecule has 1 heterocycles. The number of aromatic nitrogens is 2. The van der Waals surface area contributed by atoms with E-state index < -0.39 is 0 Å². The summed E-state index contributed by atoms with van der Waals surface area (Å²) < 4.78 is 13.0. The van der Waals surface area contributed by atoms with Crippen LogP contribution in [0.3, 0.4) is 0 Å². The topological polar surface area (TPSA) is 54.9 Å². The van der Waals surface area contributed by atoms with Crippen molar-refractivity contribution < 1.29 is 9.18 Å². The predicted molar refractivity (Wildman–Crippen MR) is 95.1 cm³/mol. The summed E-state index contributed by atoms with van der Waals surface area (Å²) in [6, 6.07) is 12.3. The normalized spacial score (nSPS) is 10.5. The molecule has 25 heavy (non-hydrogen) atoms. The second kappa shape index (κ2) is 7.59. The van der Waals surface area contributed by atoms with Crippen molar-refractivity contribution in [2.45, 2.75) is 6.54 Å². The van der Waals surface area contributed by atoms with E-state index >= 15 is 0 Å². The van der Waals surface area contributed by atoms with Gasteiger partial charge in [-0.1, -0.05) is 23.2 Å². The van der Waals surface area contributed by atoms with Gasteiger partial charge >= 0.3 is 0 Å². The van der Waals surface area contributed by atoms with Crippen LogP contribution in [0.5, 0.6) is 0 Å². The van der Waals surface area contributed by atoms with Crippen LogP contribution in [0.1, 0.15) is 16.1 Å². The molecular formula is C18H12Cl2FN3O. The van der Waals surface area contributed by atoms with Crippen LogP contribution in [0.15, 0.2) is 54.9 Å². The van der Waals surface area contributed by atoms with Crippen LogP contribution in [-0.2, 0) is 6.54 Å². The van der Waals surface area contributed by atoms with Crippen LogP contribution >= 0.6 is 23.2 Å². The Morgan fingerprint density at radius 2 is 1.68 bits per heavy atom. The Morgan fingerprint density at radius 3 is 2.36 bits per heavy atom. The van der Waals surface area contributed by atoms with Gasteiger partial charge in [0.25, 0.3) is 5.91 Å². The van der Waals surface area contributed by atoms with Crippen molar-refractivity contribution in [3.05, 3.63) is 82.0 Å². The van der Waals surface area contributed by atoms with Gasteiger partial charge in [0.1, 0.15) is 12.1 Å². The van der Waals surface area contributed by atoms with Gasteiger partial charge in [0.2, 0.25) is 0 Å². The molecule has 7 heteroatoms. The smallest absolute Gasteiger partial charge is 0.251 e. The molecule has 3 aromatic rings. The van der Waals surface area contributed by atoms with Crippen molar-refractivity contribution in [1.29, 1.82) is 0 Å². The lowest BCUT2D eigenvalue weighted by atomic mass is 10.1. The fourth-order valence-corrected chi connectivity index (χ4v) is 2.76. The van der Waals surface area contributed by atoms with Gasteiger partial charge in [-0.05, 0) is 48.5 Å². The van der Waals surface area contributed by atoms with Gasteiger partial charge in [0.15, 0.2) is 0 Å². The lowest BCUT2D eigenvalue weighted by Gasteiger charge is -2.07. The average molecular weight is 376 g/mol. The van der Waals surface area contributed by atoms with E-state index in [1.807, 2.05) is 0 Å². The van der Waals surface area contributed by atoms with E-state index in [9.17, 15) is 9.18 Å². The van der Waals surface area contributed by atoms with Gasteiger partial charge in [-0.15, -0.1) is 0 Å². The van der Waals surface area contributed by atoms with E-state index in [0.29, 0.717) is 27.0 Å². The van der Waals surface area contributed by atoms with Crippen LogP contribution in [0, 0.1) is 5.82 Å². The lowest BCUT2D eigenvalue weighted by molar-refractivity contribution is 0.0950. The Balaban J connectivity index is 1.72. The minimum Gasteiger partial charge on any atom is -0.346 e. The number of hydrogen-bond donors (Lipinski definition) is 1. The Kier molecular flexibility index (Phi) is 5.26. The Bertz CT molecular complexity index is 896. The zero-order chi connectivity index (χ0) is 17.8. The van der Waals surface area contributed by atoms with Crippen LogP contribution in [0.25, 0.3) is 11.3 Å². The van der Waals surface area contributed by atoms with Crippen LogP contribution in [0.4, 0.5) is 4.39 Å². The highest BCUT2D eigenvalue weighted by atomic mass is 35.5. The summed E-state index contributed by atoms with van der Waals surface area (Å²) in [5.41, 5.74) is 2.39. The number of nitrogens with one attached hydrogen (secondary N) is 1. The van der Waals surface area contributed by atoms with Gasteiger partial charge in [-0.3, -0.25) is 4.79 Å². The van der Waals surface area contributed by atoms with E-state index in [2.05, 4.69) is 15.3 Å². The maximum absolute atomic E-state index is 13.0. The summed E-state index contributed by atoms with van der Waals surface area (Å²) in [4.78, 5) is 20.5. The molecule has 0 aliphatic rings. The highest BCUT2D eigenvalue weighted by Gasteiger charge is 2.09. The van der Waals surface area contributed by atoms with Gasteiger partial charge in [-0.25, -0.2) is 14.4 Å². The molecule has 0 saturated heterocycles. The fraction of sp³-hybridized carbons (Fsp3) is 0.0556. The Labute approximate surface area is 153 Å². The van der Waals surface area contributed by atoms with Gasteiger partial charge in [0, 0.05) is 21.2 Å². The number of nitrogens with zero attached hydrogens (tertiary/aromatic N) is 2. The summed E-state index contributed by atoms with van der Waals surface area (Å²) in [5.74, 6) is -0.628. The zero-order valence-electron chi connectivity index (χ0n) is 12.8. The van der Waals surface area contributed by atoms with Crippen molar-refractivity contribution in [1.82, 2.24) is 15.3 Å². The third kappa shape index (κ3) is 4.53. The van der Waals surface area contributed by atoms with Crippen molar-refractivity contribution in [2.75, 3.05) is 0 Å². The minimum atomic E-state index is -0.314. The number of carbonyl (C=O) groups excluding carboxylic acids is 1. The SMILES string of the molecule is O=C(NCc1cc(-c2ccc(F)cc2)ncn1)c1cc(Cl)cc(Cl)c1. The average Bonchev–Trinajstić information content (AvgIpc) is 2.60. The number of benzene rings is 2. The molecule has 0 saturated carbocycles. The molecule has 0 unspecified atom stereocenters. The molecule has 4 nitrogen and oxygen atoms in total. The van der Waals surface area contributed by atoms with E-state index in [4.69, 9.17) is 23.2 Å². The van der Waals surface area contributed by atoms with Crippen LogP contribution in [0.2, 0.25) is 10.0 Å². The van der Waals surface area contributed by atoms with Gasteiger partial charge < -0.3 is 5.32 Å². The van der Waals surface area contributed by atoms with Crippen molar-refractivity contribution in [3.8, 4) is 11.3 Å². The summed E-state index contributed by atoms with van der Waals surface area (Å²) >= 11 is 11.8. The summed E-state index contributed by atoms with van der Waals surface area (Å²) in [5, 5.41) is 3.53. The zero-order valence-corrected chi connectivity index (χ0v) is 14.4. The standard InChI is InChI=1S/C18H12Cl2FN3O/c19-13-5-12(6-14(20)7-13)18(25)22-9-16-8-17(24-10-23-16)11-1-3-15(21)4-2-11/h1-8,10H,9H2,(H,22,25). The third-order valence-electron chi connectivity index (χ3n) is 3.42. The monoisotopic (exact) mass is 375 g/mol. The van der Waals surface area contributed by atoms with E-state index in [1.165, 1.54) is 30.6 Å². The minimum absolute atomic E-state index is 0.208. The molecular weight excluding hydrogens is 364 g/mol. The molecule has 2 aromatic carbocycles. The molecule has 126 valence electrons. The first-order valence-corrected chi connectivity index (χ1v) is 8.08. The quantitative estimate of drug-likeness (QED) is 0.729. The molecule has 1 amide bonds. The number of rotatable bonds is 4. The predicted octanol–water partition coefficient (Wildman–Crippen LogP) is 4.52. The van der Waals surface area contributed by atoms with Crippen LogP contribution in [-0.4, -0.2) is 15.9 Å². The first-order chi connectivity index (χ1) is 12.0. The number of hydrogen-bond acceptors (Lipinski definition) is 3. The lowest BCUT2D eigenvalue weighted by Crippen LogP contribution is -2.23. The first kappa shape index (κ1) is 17.3. The van der Waals surface area contributed by atoms with Crippen molar-refractivity contribution >= 4 is 29.1 Å². The molecule has 0 aliphatic carbocycles. The number of carbonyl (C=O) groups is 1. The van der Waals surface area contributed by atoms with E-state index in [-0.39, 0.29) is 18.3 Å². The molecule has 0 radical (unpaired) electrons. The van der Waals surface area contributed by atoms with Gasteiger partial charge in [0.05, 0.1) is 17.9 Å². The Hall–Kier alpha value is -2.50. The first-order valence-electron chi connectivity index (χ1n) is 7.32. The second-order valence-corrected chi connectivity index (χ2v) is 6.12. The third-order valence-corrected chi connectivity index (χ3v) is 3.85. The number of amides is 1. The fourth-order valence-electron chi connectivity index (χ4n) is 2.23. The molecule has 0 fully saturated rings. The second-order valence-electron chi connectivity index (χ2n) is 5.24. The number of halogens is 3. The summed E-state index contributed by atoms with van der Waals surface area (Å²) in [6.45, 7) is 0.208. The van der Waals surface area contributed by atoms with E-state index in [0.717, 1.165) is 5.56 Å². The molecule has 3 rings (SSSR count). The highest BCUT2D eigenvalue weighted by Crippen LogP contribution is 2.19. The molecule has 1 aromatic heterocycles. The maximum atomic E-state index is 13.0. The van der Waals surface area contributed by atoms with Gasteiger partial charge in [-0.2, -0.15) is 0 Å². The van der Waals surface area contributed by atoms with Crippen molar-refractivity contribution in [3.63, 3.8) is 0 Å². The molecule has 0 spiro atoms. The summed E-state index contributed by atoms with van der Waals surface area (Å²) in [6.07, 6.45) is 1.40. The molecule has 0 bridgehead atoms. The molecule has 0 atom stereocenters.